The van der Waals surface area contributed by atoms with Crippen LogP contribution in [0.15, 0.2) is 10.5 Å². The number of benzene rings is 1. The van der Waals surface area contributed by atoms with Gasteiger partial charge in [0, 0.05) is 11.1 Å². The van der Waals surface area contributed by atoms with E-state index < -0.39 is 0 Å². The number of hydrogen-bond acceptors (Lipinski definition) is 2. The standard InChI is InChI=1S/C11H14BrNO/c1-6-5-8(12)10(14)9(7(6)2)11(13)3-4-11/h5,14H,3-4,13H2,1-2H3. The lowest BCUT2D eigenvalue weighted by Gasteiger charge is -2.17. The molecule has 14 heavy (non-hydrogen) atoms. The van der Waals surface area contributed by atoms with Crippen LogP contribution in [-0.4, -0.2) is 5.11 Å². The van der Waals surface area contributed by atoms with Gasteiger partial charge in [0.25, 0.3) is 0 Å². The van der Waals surface area contributed by atoms with E-state index in [2.05, 4.69) is 15.9 Å². The van der Waals surface area contributed by atoms with Crippen LogP contribution in [-0.2, 0) is 5.54 Å². The number of phenols is 1. The molecule has 0 aromatic heterocycles. The van der Waals surface area contributed by atoms with E-state index in [1.807, 2.05) is 19.9 Å². The fourth-order valence-corrected chi connectivity index (χ4v) is 2.40. The Kier molecular flexibility index (Phi) is 2.12. The second-order valence-corrected chi connectivity index (χ2v) is 5.03. The van der Waals surface area contributed by atoms with Gasteiger partial charge in [-0.2, -0.15) is 0 Å². The maximum atomic E-state index is 9.95. The molecule has 1 fully saturated rings. The Labute approximate surface area is 92.3 Å². The van der Waals surface area contributed by atoms with Crippen molar-refractivity contribution in [3.05, 3.63) is 27.2 Å². The van der Waals surface area contributed by atoms with Crippen molar-refractivity contribution in [2.45, 2.75) is 32.2 Å². The van der Waals surface area contributed by atoms with E-state index in [-0.39, 0.29) is 5.54 Å². The zero-order valence-corrected chi connectivity index (χ0v) is 9.98. The summed E-state index contributed by atoms with van der Waals surface area (Å²) in [6.45, 7) is 4.05. The van der Waals surface area contributed by atoms with E-state index in [1.165, 1.54) is 5.56 Å². The molecule has 0 atom stereocenters. The molecule has 0 saturated heterocycles. The summed E-state index contributed by atoms with van der Waals surface area (Å²) in [5, 5.41) is 9.95. The maximum absolute atomic E-state index is 9.95. The first-order valence-electron chi connectivity index (χ1n) is 4.74. The lowest BCUT2D eigenvalue weighted by atomic mass is 9.95. The Morgan fingerprint density at radius 1 is 1.43 bits per heavy atom. The smallest absolute Gasteiger partial charge is 0.135 e. The van der Waals surface area contributed by atoms with E-state index in [4.69, 9.17) is 5.73 Å². The fraction of sp³-hybridized carbons (Fsp3) is 0.455. The molecular weight excluding hydrogens is 242 g/mol. The summed E-state index contributed by atoms with van der Waals surface area (Å²) in [4.78, 5) is 0. The van der Waals surface area contributed by atoms with Crippen LogP contribution in [0.2, 0.25) is 0 Å². The summed E-state index contributed by atoms with van der Waals surface area (Å²) < 4.78 is 0.743. The Hall–Kier alpha value is -0.540. The van der Waals surface area contributed by atoms with Crippen molar-refractivity contribution in [3.8, 4) is 5.75 Å². The van der Waals surface area contributed by atoms with E-state index in [9.17, 15) is 5.11 Å². The second-order valence-electron chi connectivity index (χ2n) is 4.18. The van der Waals surface area contributed by atoms with Crippen molar-refractivity contribution >= 4 is 15.9 Å². The molecule has 76 valence electrons. The molecule has 0 amide bonds. The van der Waals surface area contributed by atoms with Crippen LogP contribution in [0, 0.1) is 13.8 Å². The molecule has 1 aliphatic rings. The van der Waals surface area contributed by atoms with E-state index in [0.29, 0.717) is 5.75 Å². The summed E-state index contributed by atoms with van der Waals surface area (Å²) in [6, 6.07) is 1.93. The van der Waals surface area contributed by atoms with Gasteiger partial charge in [-0.3, -0.25) is 0 Å². The topological polar surface area (TPSA) is 46.2 Å². The van der Waals surface area contributed by atoms with Gasteiger partial charge in [0.15, 0.2) is 0 Å². The first kappa shape index (κ1) is 9.99. The average Bonchev–Trinajstić information content (AvgIpc) is 2.81. The summed E-state index contributed by atoms with van der Waals surface area (Å²) in [5.74, 6) is 0.313. The molecule has 1 aromatic carbocycles. The first-order chi connectivity index (χ1) is 6.46. The summed E-state index contributed by atoms with van der Waals surface area (Å²) >= 11 is 3.35. The predicted molar refractivity (Wildman–Crippen MR) is 60.4 cm³/mol. The molecule has 2 rings (SSSR count). The Bertz CT molecular complexity index is 371. The first-order valence-corrected chi connectivity index (χ1v) is 5.53. The van der Waals surface area contributed by atoms with Crippen molar-refractivity contribution in [2.24, 2.45) is 5.73 Å². The van der Waals surface area contributed by atoms with Gasteiger partial charge in [0.1, 0.15) is 5.75 Å². The van der Waals surface area contributed by atoms with Gasteiger partial charge in [-0.1, -0.05) is 0 Å². The molecule has 0 bridgehead atoms. The van der Waals surface area contributed by atoms with E-state index >= 15 is 0 Å². The van der Waals surface area contributed by atoms with Gasteiger partial charge in [0.2, 0.25) is 0 Å². The SMILES string of the molecule is Cc1cc(Br)c(O)c(C2(N)CC2)c1C. The monoisotopic (exact) mass is 255 g/mol. The number of aryl methyl sites for hydroxylation is 1. The Morgan fingerprint density at radius 3 is 2.50 bits per heavy atom. The van der Waals surface area contributed by atoms with Crippen LogP contribution in [0.1, 0.15) is 29.5 Å². The van der Waals surface area contributed by atoms with Crippen molar-refractivity contribution < 1.29 is 5.11 Å². The van der Waals surface area contributed by atoms with E-state index in [0.717, 1.165) is 28.4 Å². The van der Waals surface area contributed by atoms with Crippen LogP contribution in [0.5, 0.6) is 5.75 Å². The molecule has 2 nitrogen and oxygen atoms in total. The van der Waals surface area contributed by atoms with Gasteiger partial charge in [-0.15, -0.1) is 0 Å². The third-order valence-electron chi connectivity index (χ3n) is 3.06. The zero-order valence-electron chi connectivity index (χ0n) is 8.39. The lowest BCUT2D eigenvalue weighted by molar-refractivity contribution is 0.455. The number of hydrogen-bond donors (Lipinski definition) is 2. The number of halogens is 1. The van der Waals surface area contributed by atoms with Gasteiger partial charge in [0.05, 0.1) is 4.47 Å². The molecule has 3 N–H and O–H groups in total. The molecule has 1 aromatic rings. The van der Waals surface area contributed by atoms with E-state index in [1.54, 1.807) is 0 Å². The minimum absolute atomic E-state index is 0.275. The summed E-state index contributed by atoms with van der Waals surface area (Å²) in [5.41, 5.74) is 9.06. The number of aromatic hydroxyl groups is 1. The minimum Gasteiger partial charge on any atom is -0.506 e. The van der Waals surface area contributed by atoms with Crippen molar-refractivity contribution in [3.63, 3.8) is 0 Å². The molecule has 0 radical (unpaired) electrons. The quantitative estimate of drug-likeness (QED) is 0.811. The second kappa shape index (κ2) is 2.97. The summed E-state index contributed by atoms with van der Waals surface area (Å²) in [6.07, 6.45) is 1.94. The minimum atomic E-state index is -0.275. The largest absolute Gasteiger partial charge is 0.506 e. The van der Waals surface area contributed by atoms with Crippen LogP contribution in [0.4, 0.5) is 0 Å². The molecule has 1 aliphatic carbocycles. The van der Waals surface area contributed by atoms with Gasteiger partial charge >= 0.3 is 0 Å². The number of rotatable bonds is 1. The molecule has 1 saturated carbocycles. The van der Waals surface area contributed by atoms with Crippen molar-refractivity contribution in [1.29, 1.82) is 0 Å². The Balaban J connectivity index is 2.68. The highest BCUT2D eigenvalue weighted by Crippen LogP contribution is 2.50. The third kappa shape index (κ3) is 1.35. The molecule has 0 spiro atoms. The molecule has 3 heteroatoms. The highest BCUT2D eigenvalue weighted by Gasteiger charge is 2.43. The molecular formula is C11H14BrNO. The van der Waals surface area contributed by atoms with Gasteiger partial charge < -0.3 is 10.8 Å². The fourth-order valence-electron chi connectivity index (χ4n) is 1.85. The van der Waals surface area contributed by atoms with Gasteiger partial charge in [-0.05, 0) is 59.8 Å². The highest BCUT2D eigenvalue weighted by molar-refractivity contribution is 9.10. The van der Waals surface area contributed by atoms with Crippen LogP contribution < -0.4 is 5.73 Å². The van der Waals surface area contributed by atoms with Crippen LogP contribution in [0.3, 0.4) is 0 Å². The third-order valence-corrected chi connectivity index (χ3v) is 3.66. The van der Waals surface area contributed by atoms with Crippen LogP contribution >= 0.6 is 15.9 Å². The Morgan fingerprint density at radius 2 is 2.00 bits per heavy atom. The number of nitrogens with two attached hydrogens (primary N) is 1. The average molecular weight is 256 g/mol. The molecule has 0 heterocycles. The predicted octanol–water partition coefficient (Wildman–Crippen LogP) is 2.72. The van der Waals surface area contributed by atoms with Crippen LogP contribution in [0.25, 0.3) is 0 Å². The number of phenolic OH excluding ortho intramolecular Hbond substituents is 1. The lowest BCUT2D eigenvalue weighted by Crippen LogP contribution is -2.20. The highest BCUT2D eigenvalue weighted by atomic mass is 79.9. The van der Waals surface area contributed by atoms with Crippen molar-refractivity contribution in [1.82, 2.24) is 0 Å². The summed E-state index contributed by atoms with van der Waals surface area (Å²) in [7, 11) is 0. The molecule has 0 unspecified atom stereocenters. The zero-order chi connectivity index (χ0) is 10.5. The molecule has 0 aliphatic heterocycles. The maximum Gasteiger partial charge on any atom is 0.135 e. The van der Waals surface area contributed by atoms with Gasteiger partial charge in [-0.25, -0.2) is 0 Å². The van der Waals surface area contributed by atoms with Crippen molar-refractivity contribution in [2.75, 3.05) is 0 Å². The normalized spacial score (nSPS) is 18.3.